The summed E-state index contributed by atoms with van der Waals surface area (Å²) in [7, 11) is 0. The highest BCUT2D eigenvalue weighted by atomic mass is 35.5. The molecule has 0 fully saturated rings. The SMILES string of the molecule is CC[C@H](Oc1ccccc1Cl)C(=O)Nc1cccc(SC)c1. The lowest BCUT2D eigenvalue weighted by atomic mass is 10.2. The van der Waals surface area contributed by atoms with E-state index in [2.05, 4.69) is 5.32 Å². The van der Waals surface area contributed by atoms with Crippen LogP contribution in [0.2, 0.25) is 5.02 Å². The van der Waals surface area contributed by atoms with Gasteiger partial charge < -0.3 is 10.1 Å². The smallest absolute Gasteiger partial charge is 0.265 e. The minimum atomic E-state index is -0.585. The first-order chi connectivity index (χ1) is 10.6. The summed E-state index contributed by atoms with van der Waals surface area (Å²) in [6.07, 6.45) is 1.97. The molecule has 0 saturated carbocycles. The van der Waals surface area contributed by atoms with Crippen LogP contribution in [0.25, 0.3) is 0 Å². The normalized spacial score (nSPS) is 11.8. The van der Waals surface area contributed by atoms with Crippen LogP contribution in [-0.2, 0) is 4.79 Å². The number of anilines is 1. The first-order valence-electron chi connectivity index (χ1n) is 7.00. The molecule has 0 bridgehead atoms. The van der Waals surface area contributed by atoms with Gasteiger partial charge in [-0.3, -0.25) is 4.79 Å². The van der Waals surface area contributed by atoms with Crippen LogP contribution in [0.4, 0.5) is 5.69 Å². The third-order valence-electron chi connectivity index (χ3n) is 3.11. The summed E-state index contributed by atoms with van der Waals surface area (Å²) in [6, 6.07) is 14.9. The molecule has 2 aromatic carbocycles. The Labute approximate surface area is 140 Å². The van der Waals surface area contributed by atoms with Crippen LogP contribution < -0.4 is 10.1 Å². The lowest BCUT2D eigenvalue weighted by molar-refractivity contribution is -0.122. The fourth-order valence-corrected chi connectivity index (χ4v) is 2.58. The molecule has 1 atom stereocenters. The molecule has 0 aliphatic rings. The van der Waals surface area contributed by atoms with Crippen molar-refractivity contribution in [2.75, 3.05) is 11.6 Å². The predicted octanol–water partition coefficient (Wildman–Crippen LogP) is 4.86. The van der Waals surface area contributed by atoms with E-state index in [0.717, 1.165) is 10.6 Å². The van der Waals surface area contributed by atoms with E-state index in [0.29, 0.717) is 17.2 Å². The summed E-state index contributed by atoms with van der Waals surface area (Å²) in [4.78, 5) is 13.5. The van der Waals surface area contributed by atoms with Crippen molar-refractivity contribution >= 4 is 35.0 Å². The Kier molecular flexibility index (Phi) is 6.16. The van der Waals surface area contributed by atoms with Gasteiger partial charge in [-0.25, -0.2) is 0 Å². The van der Waals surface area contributed by atoms with Gasteiger partial charge in [-0.1, -0.05) is 36.7 Å². The van der Waals surface area contributed by atoms with Gasteiger partial charge in [-0.05, 0) is 43.0 Å². The van der Waals surface area contributed by atoms with E-state index in [4.69, 9.17) is 16.3 Å². The van der Waals surface area contributed by atoms with E-state index in [1.54, 1.807) is 23.9 Å². The maximum atomic E-state index is 12.4. The first kappa shape index (κ1) is 16.7. The third-order valence-corrected chi connectivity index (χ3v) is 4.14. The number of rotatable bonds is 6. The minimum Gasteiger partial charge on any atom is -0.479 e. The number of hydrogen-bond acceptors (Lipinski definition) is 3. The van der Waals surface area contributed by atoms with Gasteiger partial charge in [0.05, 0.1) is 5.02 Å². The minimum absolute atomic E-state index is 0.180. The van der Waals surface area contributed by atoms with E-state index in [1.807, 2.05) is 49.6 Å². The van der Waals surface area contributed by atoms with Gasteiger partial charge in [0, 0.05) is 10.6 Å². The molecule has 0 radical (unpaired) electrons. The van der Waals surface area contributed by atoms with Crippen LogP contribution in [0.5, 0.6) is 5.75 Å². The molecule has 3 nitrogen and oxygen atoms in total. The molecule has 5 heteroatoms. The highest BCUT2D eigenvalue weighted by molar-refractivity contribution is 7.98. The number of carbonyl (C=O) groups is 1. The quantitative estimate of drug-likeness (QED) is 0.766. The largest absolute Gasteiger partial charge is 0.479 e. The zero-order chi connectivity index (χ0) is 15.9. The van der Waals surface area contributed by atoms with Crippen molar-refractivity contribution in [3.8, 4) is 5.75 Å². The number of thioether (sulfide) groups is 1. The van der Waals surface area contributed by atoms with Gasteiger partial charge >= 0.3 is 0 Å². The predicted molar refractivity (Wildman–Crippen MR) is 93.0 cm³/mol. The molecule has 0 spiro atoms. The maximum absolute atomic E-state index is 12.4. The number of ether oxygens (including phenoxy) is 1. The molecule has 0 aliphatic heterocycles. The first-order valence-corrected chi connectivity index (χ1v) is 8.60. The Morgan fingerprint density at radius 1 is 1.27 bits per heavy atom. The van der Waals surface area contributed by atoms with E-state index in [9.17, 15) is 4.79 Å². The topological polar surface area (TPSA) is 38.3 Å². The molecular weight excluding hydrogens is 318 g/mol. The number of carbonyl (C=O) groups excluding carboxylic acids is 1. The Hall–Kier alpha value is -1.65. The lowest BCUT2D eigenvalue weighted by Gasteiger charge is -2.18. The fourth-order valence-electron chi connectivity index (χ4n) is 1.94. The Morgan fingerprint density at radius 3 is 2.73 bits per heavy atom. The highest BCUT2D eigenvalue weighted by Crippen LogP contribution is 2.25. The van der Waals surface area contributed by atoms with E-state index in [-0.39, 0.29) is 5.91 Å². The van der Waals surface area contributed by atoms with Crippen LogP contribution in [0, 0.1) is 0 Å². The van der Waals surface area contributed by atoms with Crippen LogP contribution in [0.3, 0.4) is 0 Å². The fraction of sp³-hybridized carbons (Fsp3) is 0.235. The van der Waals surface area contributed by atoms with Gasteiger partial charge in [0.2, 0.25) is 0 Å². The summed E-state index contributed by atoms with van der Waals surface area (Å²) in [5.41, 5.74) is 0.762. The van der Waals surface area contributed by atoms with Crippen molar-refractivity contribution in [3.05, 3.63) is 53.6 Å². The van der Waals surface area contributed by atoms with Crippen LogP contribution in [-0.4, -0.2) is 18.3 Å². The highest BCUT2D eigenvalue weighted by Gasteiger charge is 2.19. The Balaban J connectivity index is 2.07. The van der Waals surface area contributed by atoms with Crippen molar-refractivity contribution < 1.29 is 9.53 Å². The summed E-state index contributed by atoms with van der Waals surface area (Å²) in [5, 5.41) is 3.39. The lowest BCUT2D eigenvalue weighted by Crippen LogP contribution is -2.32. The van der Waals surface area contributed by atoms with Gasteiger partial charge in [-0.2, -0.15) is 0 Å². The van der Waals surface area contributed by atoms with Crippen LogP contribution in [0.1, 0.15) is 13.3 Å². The van der Waals surface area contributed by atoms with E-state index >= 15 is 0 Å². The molecule has 0 heterocycles. The molecule has 22 heavy (non-hydrogen) atoms. The van der Waals surface area contributed by atoms with E-state index < -0.39 is 6.10 Å². The van der Waals surface area contributed by atoms with Crippen LogP contribution >= 0.6 is 23.4 Å². The zero-order valence-electron chi connectivity index (χ0n) is 12.5. The number of amides is 1. The number of nitrogens with one attached hydrogen (secondary N) is 1. The molecule has 0 saturated heterocycles. The van der Waals surface area contributed by atoms with Crippen molar-refractivity contribution in [1.29, 1.82) is 0 Å². The molecule has 0 aliphatic carbocycles. The zero-order valence-corrected chi connectivity index (χ0v) is 14.1. The average Bonchev–Trinajstić information content (AvgIpc) is 2.54. The molecule has 2 rings (SSSR count). The number of hydrogen-bond donors (Lipinski definition) is 1. The van der Waals surface area contributed by atoms with E-state index in [1.165, 1.54) is 0 Å². The summed E-state index contributed by atoms with van der Waals surface area (Å²) < 4.78 is 5.74. The molecule has 1 amide bonds. The Morgan fingerprint density at radius 2 is 2.05 bits per heavy atom. The second-order valence-electron chi connectivity index (χ2n) is 4.67. The van der Waals surface area contributed by atoms with Crippen molar-refractivity contribution in [2.45, 2.75) is 24.3 Å². The second-order valence-corrected chi connectivity index (χ2v) is 5.95. The average molecular weight is 336 g/mol. The van der Waals surface area contributed by atoms with Crippen LogP contribution in [0.15, 0.2) is 53.4 Å². The summed E-state index contributed by atoms with van der Waals surface area (Å²) in [5.74, 6) is 0.338. The molecular formula is C17H18ClNO2S. The number of halogens is 1. The van der Waals surface area contributed by atoms with Gasteiger partial charge in [0.15, 0.2) is 6.10 Å². The molecule has 0 aromatic heterocycles. The number of benzene rings is 2. The monoisotopic (exact) mass is 335 g/mol. The third kappa shape index (κ3) is 4.42. The maximum Gasteiger partial charge on any atom is 0.265 e. The van der Waals surface area contributed by atoms with Crippen molar-refractivity contribution in [1.82, 2.24) is 0 Å². The standard InChI is InChI=1S/C17H18ClNO2S/c1-3-15(21-16-10-5-4-9-14(16)18)17(20)19-12-7-6-8-13(11-12)22-2/h4-11,15H,3H2,1-2H3,(H,19,20)/t15-/m0/s1. The summed E-state index contributed by atoms with van der Waals surface area (Å²) in [6.45, 7) is 1.90. The second kappa shape index (κ2) is 8.11. The van der Waals surface area contributed by atoms with Crippen molar-refractivity contribution in [2.24, 2.45) is 0 Å². The summed E-state index contributed by atoms with van der Waals surface area (Å²) >= 11 is 7.70. The molecule has 0 unspecified atom stereocenters. The molecule has 116 valence electrons. The van der Waals surface area contributed by atoms with Gasteiger partial charge in [0.25, 0.3) is 5.91 Å². The number of para-hydroxylation sites is 1. The Bertz CT molecular complexity index is 648. The molecule has 2 aromatic rings. The molecule has 1 N–H and O–H groups in total. The van der Waals surface area contributed by atoms with Gasteiger partial charge in [0.1, 0.15) is 5.75 Å². The van der Waals surface area contributed by atoms with Gasteiger partial charge in [-0.15, -0.1) is 11.8 Å². The van der Waals surface area contributed by atoms with Crippen molar-refractivity contribution in [3.63, 3.8) is 0 Å².